The van der Waals surface area contributed by atoms with Crippen LogP contribution in [0.3, 0.4) is 0 Å². The third kappa shape index (κ3) is 3.78. The maximum Gasteiger partial charge on any atom is 0.163 e. The van der Waals surface area contributed by atoms with Crippen LogP contribution in [-0.4, -0.2) is 5.78 Å². The van der Waals surface area contributed by atoms with Gasteiger partial charge in [-0.15, -0.1) is 11.3 Å². The molecule has 0 amide bonds. The van der Waals surface area contributed by atoms with Crippen molar-refractivity contribution in [3.63, 3.8) is 0 Å². The monoisotopic (exact) mass is 358 g/mol. The van der Waals surface area contributed by atoms with E-state index >= 15 is 0 Å². The summed E-state index contributed by atoms with van der Waals surface area (Å²) in [6, 6.07) is 14.8. The Labute approximate surface area is 135 Å². The molecule has 0 bridgehead atoms. The lowest BCUT2D eigenvalue weighted by atomic mass is 9.87. The van der Waals surface area contributed by atoms with Crippen LogP contribution in [0.15, 0.2) is 46.3 Å². The van der Waals surface area contributed by atoms with Gasteiger partial charge in [-0.1, -0.05) is 34.1 Å². The third-order valence-corrected chi connectivity index (χ3v) is 4.69. The van der Waals surface area contributed by atoms with Crippen LogP contribution < -0.4 is 0 Å². The first-order chi connectivity index (χ1) is 10.2. The van der Waals surface area contributed by atoms with Crippen molar-refractivity contribution in [2.75, 3.05) is 0 Å². The van der Waals surface area contributed by atoms with Crippen LogP contribution in [0.4, 0.5) is 0 Å². The molecule has 0 aliphatic heterocycles. The van der Waals surface area contributed by atoms with E-state index in [2.05, 4.69) is 15.9 Å². The van der Waals surface area contributed by atoms with E-state index in [1.165, 1.54) is 11.3 Å². The third-order valence-electron chi connectivity index (χ3n) is 3.16. The topological polar surface area (TPSA) is 64.7 Å². The van der Waals surface area contributed by atoms with Crippen molar-refractivity contribution in [3.8, 4) is 12.1 Å². The van der Waals surface area contributed by atoms with Crippen LogP contribution in [0.1, 0.15) is 27.6 Å². The number of halogens is 1. The minimum atomic E-state index is -0.817. The Morgan fingerprint density at radius 3 is 2.38 bits per heavy atom. The van der Waals surface area contributed by atoms with Crippen LogP contribution in [0, 0.1) is 28.6 Å². The van der Waals surface area contributed by atoms with E-state index in [9.17, 15) is 4.79 Å². The molecule has 0 radical (unpaired) electrons. The summed E-state index contributed by atoms with van der Waals surface area (Å²) >= 11 is 4.79. The first-order valence-electron chi connectivity index (χ1n) is 6.27. The number of thiophene rings is 1. The van der Waals surface area contributed by atoms with E-state index in [-0.39, 0.29) is 18.1 Å². The molecule has 1 aromatic heterocycles. The average Bonchev–Trinajstić information content (AvgIpc) is 3.02. The number of rotatable bonds is 5. The number of nitrogens with zero attached hydrogens (tertiary/aromatic N) is 2. The van der Waals surface area contributed by atoms with Gasteiger partial charge in [0.05, 0.1) is 12.1 Å². The molecule has 0 spiro atoms. The fourth-order valence-electron chi connectivity index (χ4n) is 2.05. The number of benzene rings is 1. The molecular weight excluding hydrogens is 348 g/mol. The highest BCUT2D eigenvalue weighted by Gasteiger charge is 2.27. The maximum atomic E-state index is 12.4. The molecule has 0 N–H and O–H groups in total. The van der Waals surface area contributed by atoms with Crippen molar-refractivity contribution in [1.82, 2.24) is 0 Å². The van der Waals surface area contributed by atoms with Gasteiger partial charge in [0.25, 0.3) is 0 Å². The Morgan fingerprint density at radius 2 is 1.86 bits per heavy atom. The smallest absolute Gasteiger partial charge is 0.163 e. The highest BCUT2D eigenvalue weighted by molar-refractivity contribution is 9.10. The molecule has 104 valence electrons. The molecule has 0 fully saturated rings. The molecule has 2 rings (SSSR count). The van der Waals surface area contributed by atoms with Gasteiger partial charge in [-0.05, 0) is 23.6 Å². The second-order valence-electron chi connectivity index (χ2n) is 4.49. The van der Waals surface area contributed by atoms with Gasteiger partial charge < -0.3 is 0 Å². The number of hydrogen-bond donors (Lipinski definition) is 0. The molecule has 0 aliphatic carbocycles. The minimum Gasteiger partial charge on any atom is -0.294 e. The lowest BCUT2D eigenvalue weighted by molar-refractivity contribution is 0.0971. The molecule has 0 unspecified atom stereocenters. The van der Waals surface area contributed by atoms with Gasteiger partial charge in [0.1, 0.15) is 5.92 Å². The summed E-state index contributed by atoms with van der Waals surface area (Å²) in [6.45, 7) is 0. The van der Waals surface area contributed by atoms with Gasteiger partial charge in [0.15, 0.2) is 5.78 Å². The van der Waals surface area contributed by atoms with Crippen molar-refractivity contribution < 1.29 is 4.79 Å². The molecule has 1 atom stereocenters. The van der Waals surface area contributed by atoms with Crippen LogP contribution in [0.25, 0.3) is 0 Å². The molecular formula is C16H11BrN2OS. The zero-order valence-corrected chi connectivity index (χ0v) is 13.4. The highest BCUT2D eigenvalue weighted by Crippen LogP contribution is 2.32. The fraction of sp³-hybridized carbons (Fsp3) is 0.188. The van der Waals surface area contributed by atoms with Crippen molar-refractivity contribution in [1.29, 1.82) is 10.5 Å². The Bertz CT molecular complexity index is 681. The predicted molar refractivity (Wildman–Crippen MR) is 84.9 cm³/mol. The fourth-order valence-corrected chi connectivity index (χ4v) is 3.18. The van der Waals surface area contributed by atoms with E-state index < -0.39 is 5.92 Å². The molecule has 1 aromatic carbocycles. The molecule has 0 saturated heterocycles. The quantitative estimate of drug-likeness (QED) is 0.737. The van der Waals surface area contributed by atoms with E-state index in [1.807, 2.05) is 29.7 Å². The molecule has 0 saturated carbocycles. The van der Waals surface area contributed by atoms with Gasteiger partial charge in [-0.2, -0.15) is 10.5 Å². The molecule has 21 heavy (non-hydrogen) atoms. The van der Waals surface area contributed by atoms with Crippen LogP contribution >= 0.6 is 27.3 Å². The summed E-state index contributed by atoms with van der Waals surface area (Å²) in [6.07, 6.45) is 0.161. The number of carbonyl (C=O) groups excluding carboxylic acids is 1. The Hall–Kier alpha value is -1.95. The van der Waals surface area contributed by atoms with Crippen molar-refractivity contribution >= 4 is 33.0 Å². The van der Waals surface area contributed by atoms with Gasteiger partial charge in [-0.3, -0.25) is 4.79 Å². The van der Waals surface area contributed by atoms with E-state index in [0.29, 0.717) is 5.56 Å². The molecule has 3 nitrogen and oxygen atoms in total. The number of hydrogen-bond acceptors (Lipinski definition) is 4. The van der Waals surface area contributed by atoms with Gasteiger partial charge in [0, 0.05) is 27.3 Å². The summed E-state index contributed by atoms with van der Waals surface area (Å²) in [5.74, 6) is -1.25. The second-order valence-corrected chi connectivity index (χ2v) is 6.39. The highest BCUT2D eigenvalue weighted by atomic mass is 79.9. The number of ketones is 1. The predicted octanol–water partition coefficient (Wildman–Crippen LogP) is 4.53. The Kier molecular flexibility index (Phi) is 5.27. The number of Topliss-reactive ketones (excluding diaryl/α,β-unsaturated/α-hetero) is 1. The van der Waals surface area contributed by atoms with E-state index in [1.54, 1.807) is 24.3 Å². The molecule has 1 heterocycles. The maximum absolute atomic E-state index is 12.4. The Morgan fingerprint density at radius 1 is 1.19 bits per heavy atom. The van der Waals surface area contributed by atoms with Gasteiger partial charge >= 0.3 is 0 Å². The summed E-state index contributed by atoms with van der Waals surface area (Å²) < 4.78 is 0.904. The van der Waals surface area contributed by atoms with Crippen LogP contribution in [-0.2, 0) is 0 Å². The van der Waals surface area contributed by atoms with Crippen molar-refractivity contribution in [2.24, 2.45) is 5.92 Å². The zero-order valence-electron chi connectivity index (χ0n) is 11.0. The standard InChI is InChI=1S/C16H11BrN2OS/c17-13-5-3-11(4-6-13)15(20)8-14(12(9-18)10-19)16-2-1-7-21-16/h1-7,12,14H,8H2/t14-/m1/s1. The lowest BCUT2D eigenvalue weighted by Gasteiger charge is -2.15. The largest absolute Gasteiger partial charge is 0.294 e. The van der Waals surface area contributed by atoms with Crippen LogP contribution in [0.5, 0.6) is 0 Å². The van der Waals surface area contributed by atoms with Gasteiger partial charge in [0.2, 0.25) is 0 Å². The summed E-state index contributed by atoms with van der Waals surface area (Å²) in [7, 11) is 0. The number of carbonyl (C=O) groups is 1. The molecule has 2 aromatic rings. The van der Waals surface area contributed by atoms with E-state index in [4.69, 9.17) is 10.5 Å². The SMILES string of the molecule is N#CC(C#N)[C@@H](CC(=O)c1ccc(Br)cc1)c1cccs1. The first-order valence-corrected chi connectivity index (χ1v) is 7.94. The summed E-state index contributed by atoms with van der Waals surface area (Å²) in [4.78, 5) is 13.3. The summed E-state index contributed by atoms with van der Waals surface area (Å²) in [5.41, 5.74) is 0.592. The lowest BCUT2D eigenvalue weighted by Crippen LogP contribution is -2.14. The van der Waals surface area contributed by atoms with E-state index in [0.717, 1.165) is 9.35 Å². The molecule has 0 aliphatic rings. The first kappa shape index (κ1) is 15.4. The summed E-state index contributed by atoms with van der Waals surface area (Å²) in [5, 5.41) is 20.1. The average molecular weight is 359 g/mol. The van der Waals surface area contributed by atoms with Crippen molar-refractivity contribution in [3.05, 3.63) is 56.7 Å². The Balaban J connectivity index is 2.24. The number of nitriles is 2. The van der Waals surface area contributed by atoms with Crippen LogP contribution in [0.2, 0.25) is 0 Å². The zero-order chi connectivity index (χ0) is 15.2. The minimum absolute atomic E-state index is 0.0589. The molecule has 5 heteroatoms. The normalized spacial score (nSPS) is 11.6. The van der Waals surface area contributed by atoms with Gasteiger partial charge in [-0.25, -0.2) is 0 Å². The van der Waals surface area contributed by atoms with Crippen molar-refractivity contribution in [2.45, 2.75) is 12.3 Å². The second kappa shape index (κ2) is 7.17.